The quantitative estimate of drug-likeness (QED) is 0.306. The molecule has 0 fully saturated rings. The molecule has 0 heterocycles. The number of esters is 1. The molecule has 2 N–H and O–H groups in total. The van der Waals surface area contributed by atoms with Gasteiger partial charge in [0.15, 0.2) is 0 Å². The smallest absolute Gasteiger partial charge is 0.340 e. The van der Waals surface area contributed by atoms with Gasteiger partial charge >= 0.3 is 5.97 Å². The molecule has 29 heavy (non-hydrogen) atoms. The number of carbonyl (C=O) groups excluding carboxylic acids is 2. The highest BCUT2D eigenvalue weighted by molar-refractivity contribution is 6.09. The normalized spacial score (nSPS) is 10.4. The van der Waals surface area contributed by atoms with Crippen molar-refractivity contribution in [3.63, 3.8) is 0 Å². The Balaban J connectivity index is 2.10. The molecule has 0 aliphatic heterocycles. The maximum atomic E-state index is 12.5. The second kappa shape index (κ2) is 10.9. The third-order valence-electron chi connectivity index (χ3n) is 3.89. The zero-order chi connectivity index (χ0) is 21.1. The van der Waals surface area contributed by atoms with Gasteiger partial charge in [-0.25, -0.2) is 4.79 Å². The molecule has 7 heteroatoms. The van der Waals surface area contributed by atoms with Crippen molar-refractivity contribution in [2.24, 2.45) is 0 Å². The van der Waals surface area contributed by atoms with E-state index in [0.717, 1.165) is 12.8 Å². The molecule has 1 amide bonds. The highest BCUT2D eigenvalue weighted by Crippen LogP contribution is 2.18. The molecule has 2 aromatic rings. The summed E-state index contributed by atoms with van der Waals surface area (Å²) < 4.78 is 5.20. The van der Waals surface area contributed by atoms with Crippen molar-refractivity contribution in [2.75, 3.05) is 17.2 Å². The van der Waals surface area contributed by atoms with Gasteiger partial charge < -0.3 is 15.4 Å². The van der Waals surface area contributed by atoms with Crippen molar-refractivity contribution >= 4 is 23.3 Å². The lowest BCUT2D eigenvalue weighted by Crippen LogP contribution is -2.17. The Morgan fingerprint density at radius 3 is 2.48 bits per heavy atom. The van der Waals surface area contributed by atoms with Crippen LogP contribution in [0.3, 0.4) is 0 Å². The van der Waals surface area contributed by atoms with Gasteiger partial charge in [0.1, 0.15) is 11.6 Å². The number of ether oxygens (including phenoxy) is 1. The number of nitriles is 2. The van der Waals surface area contributed by atoms with E-state index in [9.17, 15) is 14.9 Å². The fourth-order valence-electron chi connectivity index (χ4n) is 2.29. The fourth-order valence-corrected chi connectivity index (χ4v) is 2.29. The summed E-state index contributed by atoms with van der Waals surface area (Å²) in [5.41, 5.74) is 1.42. The molecule has 0 atom stereocenters. The summed E-state index contributed by atoms with van der Waals surface area (Å²) >= 11 is 0. The predicted octanol–water partition coefficient (Wildman–Crippen LogP) is 3.97. The largest absolute Gasteiger partial charge is 0.462 e. The molecule has 7 nitrogen and oxygen atoms in total. The molecule has 0 saturated heterocycles. The van der Waals surface area contributed by atoms with E-state index < -0.39 is 11.9 Å². The molecule has 146 valence electrons. The summed E-state index contributed by atoms with van der Waals surface area (Å²) in [7, 11) is 0. The summed E-state index contributed by atoms with van der Waals surface area (Å²) in [5, 5.41) is 23.5. The minimum absolute atomic E-state index is 0.177. The van der Waals surface area contributed by atoms with Crippen molar-refractivity contribution in [1.29, 1.82) is 10.5 Å². The van der Waals surface area contributed by atoms with Crippen LogP contribution in [0, 0.1) is 22.7 Å². The van der Waals surface area contributed by atoms with Crippen LogP contribution in [0.5, 0.6) is 0 Å². The van der Waals surface area contributed by atoms with E-state index in [0.29, 0.717) is 17.9 Å². The second-order valence-electron chi connectivity index (χ2n) is 5.99. The van der Waals surface area contributed by atoms with Gasteiger partial charge in [-0.1, -0.05) is 25.5 Å². The van der Waals surface area contributed by atoms with Crippen LogP contribution in [0.25, 0.3) is 0 Å². The number of hydrogen-bond acceptors (Lipinski definition) is 6. The van der Waals surface area contributed by atoms with Gasteiger partial charge in [-0.15, -0.1) is 0 Å². The Labute approximate surface area is 169 Å². The zero-order valence-electron chi connectivity index (χ0n) is 15.9. The second-order valence-corrected chi connectivity index (χ2v) is 5.99. The van der Waals surface area contributed by atoms with Crippen LogP contribution >= 0.6 is 0 Å². The standard InChI is InChI=1S/C22H20N4O3/c1-2-3-12-29-22(28)19-6-4-5-7-20(19)26-21(27)17(14-24)15-25-18-10-8-16(13-23)9-11-18/h4-11,15,25H,2-3,12H2,1H3,(H,26,27)/b17-15-. The van der Waals surface area contributed by atoms with E-state index in [1.165, 1.54) is 6.20 Å². The molecule has 0 aromatic heterocycles. The molecular weight excluding hydrogens is 368 g/mol. The Bertz CT molecular complexity index is 982. The lowest BCUT2D eigenvalue weighted by atomic mass is 10.1. The summed E-state index contributed by atoms with van der Waals surface area (Å²) in [6.07, 6.45) is 2.91. The molecule has 0 bridgehead atoms. The lowest BCUT2D eigenvalue weighted by Gasteiger charge is -2.10. The number of benzene rings is 2. The molecule has 0 aliphatic rings. The number of anilines is 2. The number of hydrogen-bond donors (Lipinski definition) is 2. The summed E-state index contributed by atoms with van der Waals surface area (Å²) in [5.74, 6) is -1.20. The number of carbonyl (C=O) groups is 2. The van der Waals surface area contributed by atoms with Gasteiger partial charge in [-0.05, 0) is 42.8 Å². The van der Waals surface area contributed by atoms with Crippen LogP contribution in [0.1, 0.15) is 35.7 Å². The van der Waals surface area contributed by atoms with Gasteiger partial charge in [0.05, 0.1) is 29.5 Å². The number of amides is 1. The Hall–Kier alpha value is -4.10. The van der Waals surface area contributed by atoms with E-state index in [4.69, 9.17) is 10.00 Å². The van der Waals surface area contributed by atoms with Crippen molar-refractivity contribution in [3.05, 3.63) is 71.4 Å². The Morgan fingerprint density at radius 1 is 1.10 bits per heavy atom. The topological polar surface area (TPSA) is 115 Å². The minimum Gasteiger partial charge on any atom is -0.462 e. The van der Waals surface area contributed by atoms with Crippen LogP contribution in [0.15, 0.2) is 60.3 Å². The average molecular weight is 388 g/mol. The van der Waals surface area contributed by atoms with E-state index in [1.54, 1.807) is 48.5 Å². The predicted molar refractivity (Wildman–Crippen MR) is 109 cm³/mol. The van der Waals surface area contributed by atoms with Crippen LogP contribution in [-0.4, -0.2) is 18.5 Å². The van der Waals surface area contributed by atoms with Crippen molar-refractivity contribution in [3.8, 4) is 12.1 Å². The molecule has 2 rings (SSSR count). The van der Waals surface area contributed by atoms with Crippen molar-refractivity contribution < 1.29 is 14.3 Å². The van der Waals surface area contributed by atoms with Gasteiger partial charge in [0, 0.05) is 11.9 Å². The lowest BCUT2D eigenvalue weighted by molar-refractivity contribution is -0.112. The van der Waals surface area contributed by atoms with Gasteiger partial charge in [-0.3, -0.25) is 4.79 Å². The first-order valence-corrected chi connectivity index (χ1v) is 9.03. The molecule has 0 unspecified atom stereocenters. The monoisotopic (exact) mass is 388 g/mol. The fraction of sp³-hybridized carbons (Fsp3) is 0.182. The average Bonchev–Trinajstić information content (AvgIpc) is 2.75. The van der Waals surface area contributed by atoms with E-state index in [1.807, 2.05) is 19.1 Å². The Kier molecular flexibility index (Phi) is 7.97. The highest BCUT2D eigenvalue weighted by atomic mass is 16.5. The molecule has 0 saturated carbocycles. The third-order valence-corrected chi connectivity index (χ3v) is 3.89. The Morgan fingerprint density at radius 2 is 1.83 bits per heavy atom. The molecule has 0 radical (unpaired) electrons. The summed E-state index contributed by atoms with van der Waals surface area (Å²) in [4.78, 5) is 24.7. The minimum atomic E-state index is -0.664. The maximum absolute atomic E-state index is 12.5. The van der Waals surface area contributed by atoms with Crippen LogP contribution in [0.2, 0.25) is 0 Å². The van der Waals surface area contributed by atoms with Crippen molar-refractivity contribution in [2.45, 2.75) is 19.8 Å². The van der Waals surface area contributed by atoms with E-state index >= 15 is 0 Å². The van der Waals surface area contributed by atoms with Crippen LogP contribution < -0.4 is 10.6 Å². The van der Waals surface area contributed by atoms with Gasteiger partial charge in [-0.2, -0.15) is 10.5 Å². The SMILES string of the molecule is CCCCOC(=O)c1ccccc1NC(=O)/C(C#N)=C\Nc1ccc(C#N)cc1. The van der Waals surface area contributed by atoms with E-state index in [-0.39, 0.29) is 16.8 Å². The number of para-hydroxylation sites is 1. The number of rotatable bonds is 8. The number of nitrogens with one attached hydrogen (secondary N) is 2. The molecular formula is C22H20N4O3. The van der Waals surface area contributed by atoms with Gasteiger partial charge in [0.2, 0.25) is 0 Å². The van der Waals surface area contributed by atoms with Crippen LogP contribution in [-0.2, 0) is 9.53 Å². The first-order chi connectivity index (χ1) is 14.1. The molecule has 0 spiro atoms. The zero-order valence-corrected chi connectivity index (χ0v) is 15.9. The third kappa shape index (κ3) is 6.23. The maximum Gasteiger partial charge on any atom is 0.340 e. The number of unbranched alkanes of at least 4 members (excludes halogenated alkanes) is 1. The first kappa shape index (κ1) is 21.2. The summed E-state index contributed by atoms with van der Waals surface area (Å²) in [6, 6.07) is 16.8. The van der Waals surface area contributed by atoms with Crippen LogP contribution in [0.4, 0.5) is 11.4 Å². The molecule has 0 aliphatic carbocycles. The highest BCUT2D eigenvalue weighted by Gasteiger charge is 2.16. The summed E-state index contributed by atoms with van der Waals surface area (Å²) in [6.45, 7) is 2.29. The first-order valence-electron chi connectivity index (χ1n) is 9.03. The van der Waals surface area contributed by atoms with Gasteiger partial charge in [0.25, 0.3) is 5.91 Å². The molecule has 2 aromatic carbocycles. The van der Waals surface area contributed by atoms with E-state index in [2.05, 4.69) is 10.6 Å². The van der Waals surface area contributed by atoms with Crippen molar-refractivity contribution in [1.82, 2.24) is 0 Å². The number of nitrogens with zero attached hydrogens (tertiary/aromatic N) is 2.